The predicted octanol–water partition coefficient (Wildman–Crippen LogP) is 1.01. The standard InChI is InChI=1S/C9H16N2O/c1-9(12-2)4-7-11(8-9)6-3-5-10/h3-4,6-8H2,1-2H3. The lowest BCUT2D eigenvalue weighted by Gasteiger charge is -2.22. The van der Waals surface area contributed by atoms with Gasteiger partial charge in [0.1, 0.15) is 0 Å². The molecule has 1 fully saturated rings. The molecule has 0 bridgehead atoms. The molecule has 0 aromatic heterocycles. The number of hydrogen-bond donors (Lipinski definition) is 0. The number of nitrogens with zero attached hydrogens (tertiary/aromatic N) is 2. The smallest absolute Gasteiger partial charge is 0.0789 e. The summed E-state index contributed by atoms with van der Waals surface area (Å²) in [6, 6.07) is 2.16. The maximum Gasteiger partial charge on any atom is 0.0789 e. The van der Waals surface area contributed by atoms with Gasteiger partial charge < -0.3 is 4.74 Å². The van der Waals surface area contributed by atoms with E-state index in [1.165, 1.54) is 0 Å². The Kier molecular flexibility index (Phi) is 3.07. The molecule has 0 aromatic rings. The highest BCUT2D eigenvalue weighted by atomic mass is 16.5. The fourth-order valence-electron chi connectivity index (χ4n) is 1.59. The van der Waals surface area contributed by atoms with Gasteiger partial charge in [0.2, 0.25) is 0 Å². The molecule has 1 aliphatic rings. The van der Waals surface area contributed by atoms with E-state index in [0.717, 1.165) is 26.1 Å². The molecule has 1 atom stereocenters. The number of likely N-dealkylation sites (tertiary alicyclic amines) is 1. The maximum atomic E-state index is 8.41. The average Bonchev–Trinajstić information content (AvgIpc) is 2.45. The van der Waals surface area contributed by atoms with Gasteiger partial charge in [-0.25, -0.2) is 0 Å². The van der Waals surface area contributed by atoms with E-state index in [9.17, 15) is 0 Å². The Balaban J connectivity index is 2.31. The van der Waals surface area contributed by atoms with Crippen LogP contribution < -0.4 is 0 Å². The summed E-state index contributed by atoms with van der Waals surface area (Å²) in [4.78, 5) is 2.28. The lowest BCUT2D eigenvalue weighted by Crippen LogP contribution is -2.32. The van der Waals surface area contributed by atoms with Crippen molar-refractivity contribution in [3.8, 4) is 6.07 Å². The van der Waals surface area contributed by atoms with Gasteiger partial charge in [0, 0.05) is 33.2 Å². The molecule has 3 nitrogen and oxygen atoms in total. The average molecular weight is 168 g/mol. The first-order chi connectivity index (χ1) is 5.70. The van der Waals surface area contributed by atoms with E-state index >= 15 is 0 Å². The molecule has 3 heteroatoms. The molecule has 0 spiro atoms. The Hall–Kier alpha value is -0.590. The Morgan fingerprint density at radius 3 is 2.92 bits per heavy atom. The highest BCUT2D eigenvalue weighted by Crippen LogP contribution is 2.23. The van der Waals surface area contributed by atoms with Crippen LogP contribution in [0.25, 0.3) is 0 Å². The van der Waals surface area contributed by atoms with Crippen molar-refractivity contribution in [2.24, 2.45) is 0 Å². The van der Waals surface area contributed by atoms with E-state index < -0.39 is 0 Å². The Labute approximate surface area is 73.9 Å². The largest absolute Gasteiger partial charge is 0.377 e. The lowest BCUT2D eigenvalue weighted by molar-refractivity contribution is 0.0150. The van der Waals surface area contributed by atoms with Crippen LogP contribution >= 0.6 is 0 Å². The first-order valence-electron chi connectivity index (χ1n) is 4.35. The summed E-state index contributed by atoms with van der Waals surface area (Å²) >= 11 is 0. The molecule has 0 N–H and O–H groups in total. The van der Waals surface area contributed by atoms with Crippen molar-refractivity contribution >= 4 is 0 Å². The number of nitriles is 1. The summed E-state index contributed by atoms with van der Waals surface area (Å²) < 4.78 is 5.38. The van der Waals surface area contributed by atoms with Crippen LogP contribution in [0, 0.1) is 11.3 Å². The Morgan fingerprint density at radius 2 is 2.42 bits per heavy atom. The first kappa shape index (κ1) is 9.50. The van der Waals surface area contributed by atoms with Crippen molar-refractivity contribution in [1.29, 1.82) is 5.26 Å². The van der Waals surface area contributed by atoms with Gasteiger partial charge in [-0.05, 0) is 13.3 Å². The molecule has 1 heterocycles. The third kappa shape index (κ3) is 2.20. The van der Waals surface area contributed by atoms with E-state index in [1.807, 2.05) is 0 Å². The molecule has 1 rings (SSSR count). The molecule has 1 unspecified atom stereocenters. The molecule has 0 aromatic carbocycles. The van der Waals surface area contributed by atoms with E-state index in [0.29, 0.717) is 6.42 Å². The van der Waals surface area contributed by atoms with E-state index in [4.69, 9.17) is 10.00 Å². The van der Waals surface area contributed by atoms with Gasteiger partial charge in [0.15, 0.2) is 0 Å². The minimum Gasteiger partial charge on any atom is -0.377 e. The third-order valence-electron chi connectivity index (χ3n) is 2.55. The van der Waals surface area contributed by atoms with Gasteiger partial charge in [-0.1, -0.05) is 0 Å². The molecule has 0 radical (unpaired) electrons. The zero-order valence-corrected chi connectivity index (χ0v) is 7.84. The van der Waals surface area contributed by atoms with Gasteiger partial charge in [-0.3, -0.25) is 4.90 Å². The lowest BCUT2D eigenvalue weighted by atomic mass is 10.1. The molecule has 0 saturated carbocycles. The topological polar surface area (TPSA) is 36.3 Å². The molecular formula is C9H16N2O. The van der Waals surface area contributed by atoms with Crippen LogP contribution in [0.2, 0.25) is 0 Å². The molecular weight excluding hydrogens is 152 g/mol. The van der Waals surface area contributed by atoms with Crippen molar-refractivity contribution in [1.82, 2.24) is 4.90 Å². The second kappa shape index (κ2) is 3.88. The van der Waals surface area contributed by atoms with Gasteiger partial charge in [-0.15, -0.1) is 0 Å². The van der Waals surface area contributed by atoms with Crippen LogP contribution in [0.4, 0.5) is 0 Å². The minimum absolute atomic E-state index is 0.0233. The van der Waals surface area contributed by atoms with Crippen molar-refractivity contribution < 1.29 is 4.74 Å². The van der Waals surface area contributed by atoms with Crippen LogP contribution in [0.3, 0.4) is 0 Å². The summed E-state index contributed by atoms with van der Waals surface area (Å²) in [5.41, 5.74) is 0.0233. The first-order valence-corrected chi connectivity index (χ1v) is 4.35. The van der Waals surface area contributed by atoms with Gasteiger partial charge >= 0.3 is 0 Å². The second-order valence-electron chi connectivity index (χ2n) is 3.59. The maximum absolute atomic E-state index is 8.41. The molecule has 1 saturated heterocycles. The zero-order valence-electron chi connectivity index (χ0n) is 7.84. The molecule has 0 amide bonds. The second-order valence-corrected chi connectivity index (χ2v) is 3.59. The van der Waals surface area contributed by atoms with Crippen LogP contribution in [-0.2, 0) is 4.74 Å². The number of hydrogen-bond acceptors (Lipinski definition) is 3. The number of ether oxygens (including phenoxy) is 1. The highest BCUT2D eigenvalue weighted by molar-refractivity contribution is 4.88. The van der Waals surface area contributed by atoms with Crippen molar-refractivity contribution in [3.63, 3.8) is 0 Å². The number of rotatable bonds is 3. The molecule has 12 heavy (non-hydrogen) atoms. The molecule has 0 aliphatic carbocycles. The van der Waals surface area contributed by atoms with Crippen molar-refractivity contribution in [2.75, 3.05) is 26.7 Å². The van der Waals surface area contributed by atoms with Crippen LogP contribution in [0.1, 0.15) is 19.8 Å². The van der Waals surface area contributed by atoms with Crippen LogP contribution in [0.15, 0.2) is 0 Å². The fraction of sp³-hybridized carbons (Fsp3) is 0.889. The fourth-order valence-corrected chi connectivity index (χ4v) is 1.59. The summed E-state index contributed by atoms with van der Waals surface area (Å²) in [6.07, 6.45) is 1.70. The highest BCUT2D eigenvalue weighted by Gasteiger charge is 2.32. The normalized spacial score (nSPS) is 30.4. The van der Waals surface area contributed by atoms with E-state index in [2.05, 4.69) is 17.9 Å². The summed E-state index contributed by atoms with van der Waals surface area (Å²) in [7, 11) is 1.76. The Bertz CT molecular complexity index is 187. The minimum atomic E-state index is 0.0233. The van der Waals surface area contributed by atoms with E-state index in [1.54, 1.807) is 7.11 Å². The van der Waals surface area contributed by atoms with Crippen LogP contribution in [-0.4, -0.2) is 37.2 Å². The van der Waals surface area contributed by atoms with Crippen LogP contribution in [0.5, 0.6) is 0 Å². The third-order valence-corrected chi connectivity index (χ3v) is 2.55. The predicted molar refractivity (Wildman–Crippen MR) is 46.7 cm³/mol. The summed E-state index contributed by atoms with van der Waals surface area (Å²) in [5.74, 6) is 0. The van der Waals surface area contributed by atoms with Gasteiger partial charge in [0.25, 0.3) is 0 Å². The summed E-state index contributed by atoms with van der Waals surface area (Å²) in [6.45, 7) is 5.03. The Morgan fingerprint density at radius 1 is 1.67 bits per heavy atom. The quantitative estimate of drug-likeness (QED) is 0.631. The SMILES string of the molecule is COC1(C)CCN(CCC#N)C1. The van der Waals surface area contributed by atoms with Gasteiger partial charge in [0.05, 0.1) is 11.7 Å². The number of methoxy groups -OCH3 is 1. The summed E-state index contributed by atoms with van der Waals surface area (Å²) in [5, 5.41) is 8.41. The monoisotopic (exact) mass is 168 g/mol. The molecule has 68 valence electrons. The van der Waals surface area contributed by atoms with Crippen molar-refractivity contribution in [2.45, 2.75) is 25.4 Å². The van der Waals surface area contributed by atoms with Crippen molar-refractivity contribution in [3.05, 3.63) is 0 Å². The van der Waals surface area contributed by atoms with E-state index in [-0.39, 0.29) is 5.60 Å². The van der Waals surface area contributed by atoms with Gasteiger partial charge in [-0.2, -0.15) is 5.26 Å². The molecule has 1 aliphatic heterocycles. The zero-order chi connectivity index (χ0) is 9.03.